The van der Waals surface area contributed by atoms with E-state index in [1.807, 2.05) is 30.5 Å². The minimum Gasteiger partial charge on any atom is -0.357 e. The fourth-order valence-corrected chi connectivity index (χ4v) is 3.10. The molecule has 0 aliphatic carbocycles. The van der Waals surface area contributed by atoms with Crippen LogP contribution in [0, 0.1) is 5.82 Å². The highest BCUT2D eigenvalue weighted by molar-refractivity contribution is 5.80. The number of nitrogens with zero attached hydrogens (tertiary/aromatic N) is 4. The Morgan fingerprint density at radius 3 is 2.69 bits per heavy atom. The highest BCUT2D eigenvalue weighted by Crippen LogP contribution is 2.12. The van der Waals surface area contributed by atoms with Crippen molar-refractivity contribution in [2.24, 2.45) is 4.99 Å². The summed E-state index contributed by atoms with van der Waals surface area (Å²) in [7, 11) is 0. The summed E-state index contributed by atoms with van der Waals surface area (Å²) >= 11 is 0. The number of aromatic nitrogens is 1. The van der Waals surface area contributed by atoms with Crippen molar-refractivity contribution in [1.82, 2.24) is 15.2 Å². The molecule has 2 aromatic rings. The highest BCUT2D eigenvalue weighted by Gasteiger charge is 2.20. The molecule has 1 fully saturated rings. The Balaban J connectivity index is 1.56. The van der Waals surface area contributed by atoms with Crippen molar-refractivity contribution in [2.75, 3.05) is 44.2 Å². The van der Waals surface area contributed by atoms with E-state index in [9.17, 15) is 4.39 Å². The van der Waals surface area contributed by atoms with Crippen LogP contribution in [-0.2, 0) is 6.42 Å². The smallest absolute Gasteiger partial charge is 0.194 e. The van der Waals surface area contributed by atoms with Crippen molar-refractivity contribution < 1.29 is 4.39 Å². The van der Waals surface area contributed by atoms with Crippen molar-refractivity contribution in [3.8, 4) is 0 Å². The normalized spacial score (nSPS) is 15.2. The van der Waals surface area contributed by atoms with Gasteiger partial charge < -0.3 is 15.1 Å². The van der Waals surface area contributed by atoms with E-state index in [1.165, 1.54) is 6.07 Å². The van der Waals surface area contributed by atoms with Crippen LogP contribution in [0.1, 0.15) is 12.5 Å². The van der Waals surface area contributed by atoms with Crippen LogP contribution in [0.2, 0.25) is 0 Å². The van der Waals surface area contributed by atoms with Crippen LogP contribution in [0.25, 0.3) is 0 Å². The number of aliphatic imine (C=N–C) groups is 1. The first kappa shape index (κ1) is 18.2. The molecule has 1 N–H and O–H groups in total. The van der Waals surface area contributed by atoms with Gasteiger partial charge in [0, 0.05) is 45.5 Å². The average Bonchev–Trinajstić information content (AvgIpc) is 2.68. The molecule has 0 atom stereocenters. The number of halogens is 1. The van der Waals surface area contributed by atoms with Gasteiger partial charge in [-0.25, -0.2) is 9.37 Å². The number of hydrogen-bond donors (Lipinski definition) is 1. The van der Waals surface area contributed by atoms with Crippen molar-refractivity contribution in [1.29, 1.82) is 0 Å². The van der Waals surface area contributed by atoms with E-state index in [0.29, 0.717) is 6.54 Å². The molecule has 138 valence electrons. The van der Waals surface area contributed by atoms with E-state index in [2.05, 4.69) is 27.0 Å². The number of nitrogens with one attached hydrogen (secondary N) is 1. The molecule has 1 aromatic heterocycles. The van der Waals surface area contributed by atoms with Crippen molar-refractivity contribution >= 4 is 11.8 Å². The number of rotatable bonds is 5. The van der Waals surface area contributed by atoms with E-state index in [1.54, 1.807) is 12.1 Å². The largest absolute Gasteiger partial charge is 0.357 e. The van der Waals surface area contributed by atoms with Crippen LogP contribution in [0.15, 0.2) is 53.7 Å². The number of anilines is 1. The van der Waals surface area contributed by atoms with Gasteiger partial charge in [-0.15, -0.1) is 0 Å². The molecule has 0 bridgehead atoms. The van der Waals surface area contributed by atoms with Gasteiger partial charge in [-0.3, -0.25) is 4.99 Å². The maximum atomic E-state index is 13.3. The van der Waals surface area contributed by atoms with E-state index in [0.717, 1.165) is 56.5 Å². The molecule has 2 heterocycles. The van der Waals surface area contributed by atoms with E-state index in [4.69, 9.17) is 4.99 Å². The molecule has 0 saturated carbocycles. The van der Waals surface area contributed by atoms with Crippen LogP contribution < -0.4 is 10.2 Å². The lowest BCUT2D eigenvalue weighted by Gasteiger charge is -2.37. The molecule has 3 rings (SSSR count). The second kappa shape index (κ2) is 9.17. The first-order chi connectivity index (χ1) is 12.8. The summed E-state index contributed by atoms with van der Waals surface area (Å²) in [6.45, 7) is 7.21. The molecule has 1 aliphatic rings. The third-order valence-electron chi connectivity index (χ3n) is 4.44. The Kier molecular flexibility index (Phi) is 6.41. The van der Waals surface area contributed by atoms with Crippen LogP contribution in [-0.4, -0.2) is 55.1 Å². The molecule has 26 heavy (non-hydrogen) atoms. The summed E-state index contributed by atoms with van der Waals surface area (Å²) in [6.07, 6.45) is 2.57. The summed E-state index contributed by atoms with van der Waals surface area (Å²) in [5, 5.41) is 3.37. The van der Waals surface area contributed by atoms with Crippen molar-refractivity contribution in [3.63, 3.8) is 0 Å². The lowest BCUT2D eigenvalue weighted by molar-refractivity contribution is 0.371. The van der Waals surface area contributed by atoms with Gasteiger partial charge in [-0.1, -0.05) is 18.2 Å². The fraction of sp³-hybridized carbons (Fsp3) is 0.400. The number of hydrogen-bond acceptors (Lipinski definition) is 3. The van der Waals surface area contributed by atoms with Gasteiger partial charge in [0.2, 0.25) is 0 Å². The molecule has 5 nitrogen and oxygen atoms in total. The predicted octanol–water partition coefficient (Wildman–Crippen LogP) is 2.55. The average molecular weight is 355 g/mol. The SMILES string of the molecule is CCNC(=NCCc1cccc(F)c1)N1CCN(c2ccccn2)CC1. The molecular weight excluding hydrogens is 329 g/mol. The molecule has 0 unspecified atom stereocenters. The van der Waals surface area contributed by atoms with E-state index < -0.39 is 0 Å². The monoisotopic (exact) mass is 355 g/mol. The number of guanidine groups is 1. The third-order valence-corrected chi connectivity index (χ3v) is 4.44. The van der Waals surface area contributed by atoms with Crippen molar-refractivity contribution in [2.45, 2.75) is 13.3 Å². The Morgan fingerprint density at radius 2 is 2.00 bits per heavy atom. The van der Waals surface area contributed by atoms with Crippen LogP contribution in [0.4, 0.5) is 10.2 Å². The molecule has 1 saturated heterocycles. The number of pyridine rings is 1. The quantitative estimate of drug-likeness (QED) is 0.661. The van der Waals surface area contributed by atoms with Gasteiger partial charge in [0.25, 0.3) is 0 Å². The molecule has 0 spiro atoms. The van der Waals surface area contributed by atoms with E-state index >= 15 is 0 Å². The summed E-state index contributed by atoms with van der Waals surface area (Å²) in [5.74, 6) is 1.77. The predicted molar refractivity (Wildman–Crippen MR) is 104 cm³/mol. The zero-order chi connectivity index (χ0) is 18.2. The van der Waals surface area contributed by atoms with Gasteiger partial charge in [-0.2, -0.15) is 0 Å². The Morgan fingerprint density at radius 1 is 1.15 bits per heavy atom. The van der Waals surface area contributed by atoms with Crippen molar-refractivity contribution in [3.05, 3.63) is 60.0 Å². The Bertz CT molecular complexity index is 711. The maximum absolute atomic E-state index is 13.3. The zero-order valence-corrected chi connectivity index (χ0v) is 15.2. The molecular formula is C20H26FN5. The molecule has 6 heteroatoms. The van der Waals surface area contributed by atoms with Gasteiger partial charge in [-0.05, 0) is 43.2 Å². The lowest BCUT2D eigenvalue weighted by Crippen LogP contribution is -2.52. The lowest BCUT2D eigenvalue weighted by atomic mass is 10.1. The van der Waals surface area contributed by atoms with Crippen LogP contribution >= 0.6 is 0 Å². The Labute approximate surface area is 154 Å². The van der Waals surface area contributed by atoms with Crippen LogP contribution in [0.5, 0.6) is 0 Å². The third kappa shape index (κ3) is 4.94. The summed E-state index contributed by atoms with van der Waals surface area (Å²) in [5.41, 5.74) is 0.976. The topological polar surface area (TPSA) is 43.8 Å². The second-order valence-electron chi connectivity index (χ2n) is 6.28. The Hall–Kier alpha value is -2.63. The minimum absolute atomic E-state index is 0.191. The zero-order valence-electron chi connectivity index (χ0n) is 15.2. The fourth-order valence-electron chi connectivity index (χ4n) is 3.10. The molecule has 0 amide bonds. The van der Waals surface area contributed by atoms with Gasteiger partial charge >= 0.3 is 0 Å². The van der Waals surface area contributed by atoms with Gasteiger partial charge in [0.15, 0.2) is 5.96 Å². The van der Waals surface area contributed by atoms with Gasteiger partial charge in [0.05, 0.1) is 0 Å². The summed E-state index contributed by atoms with van der Waals surface area (Å²) in [6, 6.07) is 12.7. The standard InChI is InChI=1S/C20H26FN5/c1-2-22-20(24-11-9-17-6-5-7-18(21)16-17)26-14-12-25(13-15-26)19-8-3-4-10-23-19/h3-8,10,16H,2,9,11-15H2,1H3,(H,22,24). The maximum Gasteiger partial charge on any atom is 0.194 e. The molecule has 1 aliphatic heterocycles. The van der Waals surface area contributed by atoms with E-state index in [-0.39, 0.29) is 5.82 Å². The molecule has 1 aromatic carbocycles. The summed E-state index contributed by atoms with van der Waals surface area (Å²) in [4.78, 5) is 13.7. The summed E-state index contributed by atoms with van der Waals surface area (Å²) < 4.78 is 13.3. The minimum atomic E-state index is -0.191. The van der Waals surface area contributed by atoms with Crippen LogP contribution in [0.3, 0.4) is 0 Å². The number of piperazine rings is 1. The highest BCUT2D eigenvalue weighted by atomic mass is 19.1. The second-order valence-corrected chi connectivity index (χ2v) is 6.28. The molecule has 0 radical (unpaired) electrons. The van der Waals surface area contributed by atoms with Gasteiger partial charge in [0.1, 0.15) is 11.6 Å². The number of benzene rings is 1. The first-order valence-corrected chi connectivity index (χ1v) is 9.20. The first-order valence-electron chi connectivity index (χ1n) is 9.20.